The summed E-state index contributed by atoms with van der Waals surface area (Å²) in [6.07, 6.45) is -4.41. The van der Waals surface area contributed by atoms with Crippen molar-refractivity contribution in [2.45, 2.75) is 6.18 Å². The summed E-state index contributed by atoms with van der Waals surface area (Å²) in [5, 5.41) is 8.26. The van der Waals surface area contributed by atoms with E-state index < -0.39 is 11.9 Å². The Bertz CT molecular complexity index is 194. The number of allylic oxidation sites excluding steroid dienone is 1. The number of nitrogens with two attached hydrogens (primary N) is 1. The lowest BCUT2D eigenvalue weighted by Crippen LogP contribution is -2.16. The molecule has 3 N–H and O–H groups in total. The molecule has 0 radical (unpaired) electrons. The van der Waals surface area contributed by atoms with Crippen LogP contribution in [0.3, 0.4) is 0 Å². The van der Waals surface area contributed by atoms with Crippen LogP contribution in [0.5, 0.6) is 0 Å². The summed E-state index contributed by atoms with van der Waals surface area (Å²) < 4.78 is 34.6. The molecule has 0 spiro atoms. The first-order valence-electron chi connectivity index (χ1n) is 2.58. The van der Waals surface area contributed by atoms with Gasteiger partial charge >= 0.3 is 6.18 Å². The van der Waals surface area contributed by atoms with Gasteiger partial charge in [0.1, 0.15) is 5.84 Å². The number of halogens is 3. The fourth-order valence-corrected chi connectivity index (χ4v) is 0.286. The number of rotatable bonds is 1. The first-order valence-corrected chi connectivity index (χ1v) is 2.58. The third-order valence-electron chi connectivity index (χ3n) is 0.833. The number of aliphatic hydroxyl groups is 1. The van der Waals surface area contributed by atoms with E-state index in [9.17, 15) is 13.2 Å². The van der Waals surface area contributed by atoms with Crippen LogP contribution in [0.4, 0.5) is 13.2 Å². The fourth-order valence-electron chi connectivity index (χ4n) is 0.286. The van der Waals surface area contributed by atoms with Crippen molar-refractivity contribution in [3.05, 3.63) is 11.8 Å². The molecular weight excluding hydrogens is 161 g/mol. The van der Waals surface area contributed by atoms with E-state index in [1.54, 1.807) is 0 Å². The second kappa shape index (κ2) is 3.27. The van der Waals surface area contributed by atoms with Crippen molar-refractivity contribution in [3.63, 3.8) is 0 Å². The molecule has 0 bridgehead atoms. The van der Waals surface area contributed by atoms with Gasteiger partial charge in [0.25, 0.3) is 0 Å². The van der Waals surface area contributed by atoms with Gasteiger partial charge in [-0.25, -0.2) is 0 Å². The molecule has 0 aliphatic heterocycles. The Kier molecular flexibility index (Phi) is 2.91. The molecule has 0 aromatic carbocycles. The monoisotopic (exact) mass is 168 g/mol. The average Bonchev–Trinajstić information content (AvgIpc) is 1.85. The van der Waals surface area contributed by atoms with Crippen LogP contribution >= 0.6 is 0 Å². The minimum Gasteiger partial charge on any atom is -0.504 e. The zero-order valence-electron chi connectivity index (χ0n) is 5.68. The summed E-state index contributed by atoms with van der Waals surface area (Å²) in [6, 6.07) is 0. The third-order valence-corrected chi connectivity index (χ3v) is 0.833. The number of aliphatic hydroxyl groups excluding tert-OH is 1. The van der Waals surface area contributed by atoms with Gasteiger partial charge in [0.2, 0.25) is 5.76 Å². The van der Waals surface area contributed by atoms with Gasteiger partial charge in [-0.2, -0.15) is 13.2 Å². The van der Waals surface area contributed by atoms with Crippen molar-refractivity contribution in [3.8, 4) is 0 Å². The predicted molar refractivity (Wildman–Crippen MR) is 34.3 cm³/mol. The molecule has 6 heteroatoms. The topological polar surface area (TPSA) is 58.6 Å². The van der Waals surface area contributed by atoms with Gasteiger partial charge in [0, 0.05) is 13.1 Å². The number of aliphatic imine (C=N–C) groups is 1. The summed E-state index contributed by atoms with van der Waals surface area (Å²) in [6.45, 7) is 0. The molecule has 0 amide bonds. The standard InChI is InChI=1S/C5H7F3N2O/c1-10-4(9)2-3(11)5(6,7)8/h2,11H,1H3,(H2,9,10)/b3-2-. The van der Waals surface area contributed by atoms with Crippen LogP contribution in [0, 0.1) is 0 Å². The van der Waals surface area contributed by atoms with Gasteiger partial charge in [-0.15, -0.1) is 0 Å². The highest BCUT2D eigenvalue weighted by Gasteiger charge is 2.33. The predicted octanol–water partition coefficient (Wildman–Crippen LogP) is 0.978. The first kappa shape index (κ1) is 9.80. The molecule has 3 nitrogen and oxygen atoms in total. The minimum absolute atomic E-state index is 0.347. The maximum Gasteiger partial charge on any atom is 0.448 e. The van der Waals surface area contributed by atoms with Crippen molar-refractivity contribution in [1.29, 1.82) is 0 Å². The summed E-state index contributed by atoms with van der Waals surface area (Å²) in [5.41, 5.74) is 4.88. The molecule has 0 aromatic heterocycles. The number of hydrogen-bond donors (Lipinski definition) is 2. The van der Waals surface area contributed by atoms with Gasteiger partial charge in [0.05, 0.1) is 0 Å². The van der Waals surface area contributed by atoms with E-state index in [-0.39, 0.29) is 5.84 Å². The van der Waals surface area contributed by atoms with Gasteiger partial charge < -0.3 is 10.8 Å². The molecule has 0 rings (SSSR count). The number of alkyl halides is 3. The number of nitrogens with zero attached hydrogens (tertiary/aromatic N) is 1. The molecule has 0 aliphatic carbocycles. The fraction of sp³-hybridized carbons (Fsp3) is 0.400. The smallest absolute Gasteiger partial charge is 0.448 e. The zero-order chi connectivity index (χ0) is 9.07. The summed E-state index contributed by atoms with van der Waals surface area (Å²) in [5.74, 6) is -2.12. The molecule has 0 aromatic rings. The van der Waals surface area contributed by atoms with Gasteiger partial charge in [-0.05, 0) is 0 Å². The Morgan fingerprint density at radius 1 is 1.55 bits per heavy atom. The second-order valence-electron chi connectivity index (χ2n) is 1.68. The van der Waals surface area contributed by atoms with E-state index >= 15 is 0 Å². The van der Waals surface area contributed by atoms with Crippen molar-refractivity contribution in [2.75, 3.05) is 7.05 Å². The third kappa shape index (κ3) is 3.49. The van der Waals surface area contributed by atoms with Crippen LogP contribution in [0.2, 0.25) is 0 Å². The molecule has 0 aliphatic rings. The average molecular weight is 168 g/mol. The van der Waals surface area contributed by atoms with E-state index in [1.165, 1.54) is 7.05 Å². The first-order chi connectivity index (χ1) is 4.88. The Labute approximate surface area is 61.0 Å². The lowest BCUT2D eigenvalue weighted by molar-refractivity contribution is -0.120. The number of hydrogen-bond acceptors (Lipinski definition) is 2. The quantitative estimate of drug-likeness (QED) is 0.348. The highest BCUT2D eigenvalue weighted by atomic mass is 19.4. The van der Waals surface area contributed by atoms with Crippen LogP contribution in [0.1, 0.15) is 0 Å². The van der Waals surface area contributed by atoms with Crippen LogP contribution in [0.15, 0.2) is 16.8 Å². The number of amidine groups is 1. The Morgan fingerprint density at radius 2 is 2.00 bits per heavy atom. The van der Waals surface area contributed by atoms with E-state index in [0.29, 0.717) is 6.08 Å². The summed E-state index contributed by atoms with van der Waals surface area (Å²) in [4.78, 5) is 3.20. The molecule has 0 unspecified atom stereocenters. The Balaban J connectivity index is 4.48. The normalized spacial score (nSPS) is 15.3. The van der Waals surface area contributed by atoms with Crippen molar-refractivity contribution in [1.82, 2.24) is 0 Å². The van der Waals surface area contributed by atoms with E-state index in [1.807, 2.05) is 0 Å². The van der Waals surface area contributed by atoms with Crippen LogP contribution in [0.25, 0.3) is 0 Å². The second-order valence-corrected chi connectivity index (χ2v) is 1.68. The van der Waals surface area contributed by atoms with Crippen molar-refractivity contribution < 1.29 is 18.3 Å². The highest BCUT2D eigenvalue weighted by molar-refractivity contribution is 5.91. The Morgan fingerprint density at radius 3 is 2.27 bits per heavy atom. The molecule has 0 atom stereocenters. The van der Waals surface area contributed by atoms with E-state index in [0.717, 1.165) is 0 Å². The van der Waals surface area contributed by atoms with Crippen LogP contribution in [-0.4, -0.2) is 24.2 Å². The Hall–Kier alpha value is -1.20. The lowest BCUT2D eigenvalue weighted by atomic mass is 10.4. The molecular formula is C5H7F3N2O. The van der Waals surface area contributed by atoms with Gasteiger partial charge in [-0.1, -0.05) is 0 Å². The van der Waals surface area contributed by atoms with Crippen molar-refractivity contribution in [2.24, 2.45) is 10.7 Å². The maximum atomic E-state index is 11.5. The SMILES string of the molecule is CN=C(N)/C=C(\O)C(F)(F)F. The molecule has 0 fully saturated rings. The summed E-state index contributed by atoms with van der Waals surface area (Å²) in [7, 11) is 1.22. The largest absolute Gasteiger partial charge is 0.504 e. The van der Waals surface area contributed by atoms with Crippen LogP contribution in [-0.2, 0) is 0 Å². The van der Waals surface area contributed by atoms with E-state index in [2.05, 4.69) is 4.99 Å². The van der Waals surface area contributed by atoms with Gasteiger partial charge in [0.15, 0.2) is 0 Å². The minimum atomic E-state index is -4.75. The van der Waals surface area contributed by atoms with Crippen molar-refractivity contribution >= 4 is 5.84 Å². The molecule has 11 heavy (non-hydrogen) atoms. The van der Waals surface area contributed by atoms with E-state index in [4.69, 9.17) is 10.8 Å². The lowest BCUT2D eigenvalue weighted by Gasteiger charge is -2.03. The molecule has 0 saturated carbocycles. The highest BCUT2D eigenvalue weighted by Crippen LogP contribution is 2.22. The summed E-state index contributed by atoms with van der Waals surface area (Å²) >= 11 is 0. The van der Waals surface area contributed by atoms with Gasteiger partial charge in [-0.3, -0.25) is 4.99 Å². The maximum absolute atomic E-state index is 11.5. The molecule has 0 heterocycles. The van der Waals surface area contributed by atoms with Crippen LogP contribution < -0.4 is 5.73 Å². The zero-order valence-corrected chi connectivity index (χ0v) is 5.68. The molecule has 0 saturated heterocycles. The molecule has 64 valence electrons.